The van der Waals surface area contributed by atoms with E-state index in [9.17, 15) is 9.18 Å². The summed E-state index contributed by atoms with van der Waals surface area (Å²) in [6.07, 6.45) is 1.38. The summed E-state index contributed by atoms with van der Waals surface area (Å²) >= 11 is 3.10. The van der Waals surface area contributed by atoms with Crippen molar-refractivity contribution in [2.24, 2.45) is 5.92 Å². The molecule has 94 valence electrons. The van der Waals surface area contributed by atoms with Crippen LogP contribution in [0.2, 0.25) is 0 Å². The highest BCUT2D eigenvalue weighted by Crippen LogP contribution is 2.24. The van der Waals surface area contributed by atoms with Gasteiger partial charge < -0.3 is 4.90 Å². The van der Waals surface area contributed by atoms with Gasteiger partial charge in [-0.2, -0.15) is 5.26 Å². The summed E-state index contributed by atoms with van der Waals surface area (Å²) in [5, 5.41) is 8.80. The first kappa shape index (κ1) is 13.0. The van der Waals surface area contributed by atoms with E-state index in [2.05, 4.69) is 22.0 Å². The van der Waals surface area contributed by atoms with Crippen LogP contribution in [0.3, 0.4) is 0 Å². The van der Waals surface area contributed by atoms with Crippen molar-refractivity contribution in [3.8, 4) is 6.07 Å². The van der Waals surface area contributed by atoms with Crippen LogP contribution in [0, 0.1) is 23.1 Å². The van der Waals surface area contributed by atoms with Gasteiger partial charge in [-0.15, -0.1) is 0 Å². The number of piperidine rings is 1. The minimum atomic E-state index is -0.437. The van der Waals surface area contributed by atoms with E-state index < -0.39 is 5.82 Å². The number of halogens is 2. The van der Waals surface area contributed by atoms with Crippen molar-refractivity contribution < 1.29 is 9.18 Å². The number of likely N-dealkylation sites (tertiary alicyclic amines) is 1. The Balaban J connectivity index is 2.13. The zero-order valence-electron chi connectivity index (χ0n) is 9.70. The van der Waals surface area contributed by atoms with Crippen molar-refractivity contribution in [3.05, 3.63) is 34.1 Å². The Morgan fingerprint density at radius 3 is 2.72 bits per heavy atom. The molecular formula is C13H12BrFN2O. The van der Waals surface area contributed by atoms with Gasteiger partial charge in [0.05, 0.1) is 16.1 Å². The topological polar surface area (TPSA) is 44.1 Å². The molecule has 0 unspecified atom stereocenters. The Morgan fingerprint density at radius 1 is 1.44 bits per heavy atom. The van der Waals surface area contributed by atoms with E-state index in [0.717, 1.165) is 0 Å². The molecule has 1 aliphatic heterocycles. The van der Waals surface area contributed by atoms with Crippen LogP contribution < -0.4 is 0 Å². The van der Waals surface area contributed by atoms with E-state index in [1.165, 1.54) is 12.1 Å². The highest BCUT2D eigenvalue weighted by molar-refractivity contribution is 9.10. The number of nitriles is 1. The second kappa shape index (κ2) is 5.49. The lowest BCUT2D eigenvalue weighted by Gasteiger charge is -2.29. The number of carbonyl (C=O) groups excluding carboxylic acids is 1. The molecule has 1 heterocycles. The molecule has 1 aromatic rings. The van der Waals surface area contributed by atoms with Crippen molar-refractivity contribution in [2.45, 2.75) is 12.8 Å². The number of nitrogens with zero attached hydrogens (tertiary/aromatic N) is 2. The monoisotopic (exact) mass is 310 g/mol. The van der Waals surface area contributed by atoms with Crippen LogP contribution in [-0.4, -0.2) is 23.9 Å². The molecule has 2 rings (SSSR count). The molecular weight excluding hydrogens is 299 g/mol. The molecule has 0 atom stereocenters. The highest BCUT2D eigenvalue weighted by atomic mass is 79.9. The van der Waals surface area contributed by atoms with E-state index in [4.69, 9.17) is 5.26 Å². The van der Waals surface area contributed by atoms with Crippen LogP contribution in [0.1, 0.15) is 23.2 Å². The van der Waals surface area contributed by atoms with Gasteiger partial charge in [-0.1, -0.05) is 6.07 Å². The molecule has 0 aliphatic carbocycles. The first-order chi connectivity index (χ1) is 8.63. The van der Waals surface area contributed by atoms with E-state index in [1.54, 1.807) is 11.0 Å². The first-order valence-electron chi connectivity index (χ1n) is 5.76. The third-order valence-corrected chi connectivity index (χ3v) is 3.95. The van der Waals surface area contributed by atoms with Crippen LogP contribution in [-0.2, 0) is 0 Å². The summed E-state index contributed by atoms with van der Waals surface area (Å²) in [6, 6.07) is 6.65. The normalized spacial score (nSPS) is 16.4. The molecule has 1 aromatic carbocycles. The number of hydrogen-bond acceptors (Lipinski definition) is 2. The zero-order valence-corrected chi connectivity index (χ0v) is 11.3. The maximum absolute atomic E-state index is 13.4. The lowest BCUT2D eigenvalue weighted by molar-refractivity contribution is 0.0706. The van der Waals surface area contributed by atoms with Gasteiger partial charge in [0.25, 0.3) is 5.91 Å². The Kier molecular flexibility index (Phi) is 3.97. The smallest absolute Gasteiger partial charge is 0.255 e. The predicted octanol–water partition coefficient (Wildman–Crippen LogP) is 2.96. The molecule has 5 heteroatoms. The van der Waals surface area contributed by atoms with Gasteiger partial charge in [0, 0.05) is 19.0 Å². The molecule has 0 aromatic heterocycles. The number of benzene rings is 1. The molecule has 1 aliphatic rings. The molecule has 0 bridgehead atoms. The van der Waals surface area contributed by atoms with Gasteiger partial charge >= 0.3 is 0 Å². The second-order valence-electron chi connectivity index (χ2n) is 4.30. The van der Waals surface area contributed by atoms with Crippen LogP contribution in [0.25, 0.3) is 0 Å². The summed E-state index contributed by atoms with van der Waals surface area (Å²) in [5.74, 6) is -0.587. The Labute approximate surface area is 113 Å². The Hall–Kier alpha value is -1.41. The number of carbonyl (C=O) groups is 1. The quantitative estimate of drug-likeness (QED) is 0.800. The summed E-state index contributed by atoms with van der Waals surface area (Å²) in [7, 11) is 0. The van der Waals surface area contributed by atoms with Gasteiger partial charge in [-0.05, 0) is 40.9 Å². The lowest BCUT2D eigenvalue weighted by Crippen LogP contribution is -2.38. The molecule has 0 spiro atoms. The summed E-state index contributed by atoms with van der Waals surface area (Å²) < 4.78 is 13.6. The Morgan fingerprint density at radius 2 is 2.11 bits per heavy atom. The van der Waals surface area contributed by atoms with Crippen molar-refractivity contribution >= 4 is 21.8 Å². The summed E-state index contributed by atoms with van der Waals surface area (Å²) in [5.41, 5.74) is 0.338. The molecule has 1 saturated heterocycles. The number of hydrogen-bond donors (Lipinski definition) is 0. The van der Waals surface area contributed by atoms with Crippen LogP contribution in [0.5, 0.6) is 0 Å². The highest BCUT2D eigenvalue weighted by Gasteiger charge is 2.25. The minimum absolute atomic E-state index is 0.0324. The largest absolute Gasteiger partial charge is 0.339 e. The second-order valence-corrected chi connectivity index (χ2v) is 5.09. The fourth-order valence-corrected chi connectivity index (χ4v) is 2.48. The van der Waals surface area contributed by atoms with Crippen LogP contribution in [0.4, 0.5) is 4.39 Å². The van der Waals surface area contributed by atoms with E-state index in [-0.39, 0.29) is 16.3 Å². The molecule has 1 fully saturated rings. The summed E-state index contributed by atoms with van der Waals surface area (Å²) in [4.78, 5) is 13.9. The van der Waals surface area contributed by atoms with Gasteiger partial charge in [0.15, 0.2) is 0 Å². The van der Waals surface area contributed by atoms with Gasteiger partial charge in [-0.3, -0.25) is 4.79 Å². The third-order valence-electron chi connectivity index (χ3n) is 3.15. The van der Waals surface area contributed by atoms with Crippen molar-refractivity contribution in [3.63, 3.8) is 0 Å². The fourth-order valence-electron chi connectivity index (χ4n) is 2.05. The maximum Gasteiger partial charge on any atom is 0.255 e. The first-order valence-corrected chi connectivity index (χ1v) is 6.55. The van der Waals surface area contributed by atoms with E-state index in [1.807, 2.05) is 0 Å². The van der Waals surface area contributed by atoms with Crippen LogP contribution >= 0.6 is 15.9 Å². The number of amides is 1. The standard InChI is InChI=1S/C13H12BrFN2O/c14-12-10(2-1-3-11(12)15)13(18)17-6-4-9(8-16)5-7-17/h1-3,9H,4-7H2. The molecule has 3 nitrogen and oxygen atoms in total. The van der Waals surface area contributed by atoms with Gasteiger partial charge in [0.1, 0.15) is 5.82 Å². The van der Waals surface area contributed by atoms with Crippen LogP contribution in [0.15, 0.2) is 22.7 Å². The lowest BCUT2D eigenvalue weighted by atomic mass is 9.98. The molecule has 0 saturated carbocycles. The minimum Gasteiger partial charge on any atom is -0.339 e. The Bertz CT molecular complexity index is 504. The van der Waals surface area contributed by atoms with Crippen molar-refractivity contribution in [2.75, 3.05) is 13.1 Å². The molecule has 0 N–H and O–H groups in total. The van der Waals surface area contributed by atoms with Gasteiger partial charge in [0.2, 0.25) is 0 Å². The maximum atomic E-state index is 13.4. The van der Waals surface area contributed by atoms with E-state index in [0.29, 0.717) is 31.5 Å². The fraction of sp³-hybridized carbons (Fsp3) is 0.385. The zero-order chi connectivity index (χ0) is 13.1. The average Bonchev–Trinajstić information content (AvgIpc) is 2.41. The van der Waals surface area contributed by atoms with E-state index >= 15 is 0 Å². The summed E-state index contributed by atoms with van der Waals surface area (Å²) in [6.45, 7) is 1.11. The van der Waals surface area contributed by atoms with Crippen molar-refractivity contribution in [1.82, 2.24) is 4.90 Å². The molecule has 18 heavy (non-hydrogen) atoms. The predicted molar refractivity (Wildman–Crippen MR) is 68.3 cm³/mol. The molecule has 1 amide bonds. The SMILES string of the molecule is N#CC1CCN(C(=O)c2cccc(F)c2Br)CC1. The number of rotatable bonds is 1. The third kappa shape index (κ3) is 2.54. The van der Waals surface area contributed by atoms with Crippen molar-refractivity contribution in [1.29, 1.82) is 5.26 Å². The molecule has 0 radical (unpaired) electrons. The average molecular weight is 311 g/mol. The van der Waals surface area contributed by atoms with Gasteiger partial charge in [-0.25, -0.2) is 4.39 Å².